The number of H-pyrrole nitrogens is 1. The Morgan fingerprint density at radius 2 is 1.90 bits per heavy atom. The van der Waals surface area contributed by atoms with Gasteiger partial charge in [-0.1, -0.05) is 18.2 Å². The van der Waals surface area contributed by atoms with E-state index in [2.05, 4.69) is 4.98 Å². The number of ether oxygens (including phenoxy) is 2. The van der Waals surface area contributed by atoms with Crippen LogP contribution in [0.1, 0.15) is 34.7 Å². The molecule has 0 aliphatic rings. The molecule has 0 aliphatic heterocycles. The molecule has 1 atom stereocenters. The summed E-state index contributed by atoms with van der Waals surface area (Å²) < 4.78 is 17.4. The first-order chi connectivity index (χ1) is 18.8. The standard InChI is InChI=1S/C30H28N2O7/c1-17-12-25(33)28(30(36)32(17)11-10-18-15-31-24-7-5-4-6-20(18)24)21(14-27(34)38-3)23-16-39-26-9-8-19(37-2)13-22(26)29(23)35/h4-9,12-13,15-16,21,31,33H,10-11,14H2,1-3H3/t21-/m1/s1. The Morgan fingerprint density at radius 1 is 1.10 bits per heavy atom. The van der Waals surface area contributed by atoms with Gasteiger partial charge in [0, 0.05) is 40.8 Å². The summed E-state index contributed by atoms with van der Waals surface area (Å²) in [6.07, 6.45) is 3.36. The molecular weight excluding hydrogens is 500 g/mol. The molecule has 9 nitrogen and oxygen atoms in total. The maximum atomic E-state index is 13.9. The van der Waals surface area contributed by atoms with E-state index < -0.39 is 22.9 Å². The minimum absolute atomic E-state index is 0.0561. The number of fused-ring (bicyclic) bond motifs is 2. The van der Waals surface area contributed by atoms with Crippen LogP contribution in [0.4, 0.5) is 0 Å². The second-order valence-electron chi connectivity index (χ2n) is 9.37. The second kappa shape index (κ2) is 10.5. The number of aromatic hydroxyl groups is 1. The van der Waals surface area contributed by atoms with Gasteiger partial charge in [-0.3, -0.25) is 14.4 Å². The van der Waals surface area contributed by atoms with E-state index in [1.54, 1.807) is 23.6 Å². The number of methoxy groups -OCH3 is 2. The first kappa shape index (κ1) is 25.8. The lowest BCUT2D eigenvalue weighted by Gasteiger charge is -2.20. The molecule has 0 radical (unpaired) electrons. The van der Waals surface area contributed by atoms with Crippen molar-refractivity contribution < 1.29 is 23.8 Å². The van der Waals surface area contributed by atoms with Crippen molar-refractivity contribution in [3.8, 4) is 11.5 Å². The van der Waals surface area contributed by atoms with Crippen LogP contribution >= 0.6 is 0 Å². The van der Waals surface area contributed by atoms with E-state index in [4.69, 9.17) is 13.9 Å². The smallest absolute Gasteiger partial charge is 0.306 e. The minimum Gasteiger partial charge on any atom is -0.507 e. The molecule has 5 aromatic rings. The summed E-state index contributed by atoms with van der Waals surface area (Å²) in [6, 6.07) is 14.2. The number of aromatic nitrogens is 2. The second-order valence-corrected chi connectivity index (χ2v) is 9.37. The summed E-state index contributed by atoms with van der Waals surface area (Å²) in [7, 11) is 2.71. The van der Waals surface area contributed by atoms with Gasteiger partial charge in [0.05, 0.1) is 37.9 Å². The van der Waals surface area contributed by atoms with Gasteiger partial charge in [-0.25, -0.2) is 0 Å². The maximum Gasteiger partial charge on any atom is 0.306 e. The molecule has 0 spiro atoms. The number of rotatable bonds is 8. The quantitative estimate of drug-likeness (QED) is 0.286. The Hall–Kier alpha value is -4.79. The number of aromatic amines is 1. The monoisotopic (exact) mass is 528 g/mol. The van der Waals surface area contributed by atoms with Crippen molar-refractivity contribution in [2.24, 2.45) is 0 Å². The topological polar surface area (TPSA) is 124 Å². The van der Waals surface area contributed by atoms with Crippen molar-refractivity contribution in [3.63, 3.8) is 0 Å². The van der Waals surface area contributed by atoms with Crippen molar-refractivity contribution in [2.45, 2.75) is 32.2 Å². The summed E-state index contributed by atoms with van der Waals surface area (Å²) in [5, 5.41) is 12.3. The van der Waals surface area contributed by atoms with Crippen molar-refractivity contribution in [3.05, 3.63) is 104 Å². The van der Waals surface area contributed by atoms with Gasteiger partial charge in [-0.15, -0.1) is 0 Å². The molecule has 3 aromatic heterocycles. The molecule has 3 heterocycles. The molecule has 5 rings (SSSR count). The van der Waals surface area contributed by atoms with Crippen LogP contribution in [0.2, 0.25) is 0 Å². The number of para-hydroxylation sites is 1. The van der Waals surface area contributed by atoms with Crippen LogP contribution in [0.15, 0.2) is 75.0 Å². The fraction of sp³-hybridized carbons (Fsp3) is 0.233. The molecule has 0 aliphatic carbocycles. The Balaban J connectivity index is 1.62. The summed E-state index contributed by atoms with van der Waals surface area (Å²) in [6.45, 7) is 2.06. The van der Waals surface area contributed by atoms with E-state index >= 15 is 0 Å². The van der Waals surface area contributed by atoms with E-state index in [0.29, 0.717) is 30.0 Å². The highest BCUT2D eigenvalue weighted by Crippen LogP contribution is 2.32. The molecule has 2 aromatic carbocycles. The minimum atomic E-state index is -1.10. The maximum absolute atomic E-state index is 13.9. The average Bonchev–Trinajstić information content (AvgIpc) is 3.35. The van der Waals surface area contributed by atoms with E-state index in [1.807, 2.05) is 30.5 Å². The third-order valence-electron chi connectivity index (χ3n) is 7.13. The SMILES string of the molecule is COC(=O)C[C@H](c1coc2ccc(OC)cc2c1=O)c1c(O)cc(C)n(CCc2c[nH]c3ccccc23)c1=O. The molecule has 0 saturated carbocycles. The van der Waals surface area contributed by atoms with Crippen molar-refractivity contribution in [1.82, 2.24) is 9.55 Å². The lowest BCUT2D eigenvalue weighted by molar-refractivity contribution is -0.140. The van der Waals surface area contributed by atoms with Crippen molar-refractivity contribution in [1.29, 1.82) is 0 Å². The Kier molecular flexibility index (Phi) is 6.98. The number of hydrogen-bond acceptors (Lipinski definition) is 7. The third-order valence-corrected chi connectivity index (χ3v) is 7.13. The number of esters is 1. The van der Waals surface area contributed by atoms with Crippen LogP contribution in [-0.2, 0) is 22.5 Å². The van der Waals surface area contributed by atoms with Gasteiger partial charge in [0.25, 0.3) is 5.56 Å². The summed E-state index contributed by atoms with van der Waals surface area (Å²) in [5.74, 6) is -1.60. The highest BCUT2D eigenvalue weighted by Gasteiger charge is 2.29. The third kappa shape index (κ3) is 4.79. The number of benzene rings is 2. The fourth-order valence-corrected chi connectivity index (χ4v) is 5.05. The van der Waals surface area contributed by atoms with E-state index in [-0.39, 0.29) is 28.7 Å². The first-order valence-corrected chi connectivity index (χ1v) is 12.5. The number of aryl methyl sites for hydroxylation is 2. The van der Waals surface area contributed by atoms with E-state index in [9.17, 15) is 19.5 Å². The van der Waals surface area contributed by atoms with Gasteiger partial charge in [0.15, 0.2) is 5.43 Å². The Morgan fingerprint density at radius 3 is 2.67 bits per heavy atom. The molecule has 2 N–H and O–H groups in total. The summed E-state index contributed by atoms with van der Waals surface area (Å²) >= 11 is 0. The molecular formula is C30H28N2O7. The zero-order chi connectivity index (χ0) is 27.7. The van der Waals surface area contributed by atoms with Crippen molar-refractivity contribution >= 4 is 27.8 Å². The van der Waals surface area contributed by atoms with Crippen LogP contribution in [0.25, 0.3) is 21.9 Å². The van der Waals surface area contributed by atoms with Gasteiger partial charge in [-0.2, -0.15) is 0 Å². The number of carbonyl (C=O) groups is 1. The van der Waals surface area contributed by atoms with Gasteiger partial charge in [-0.05, 0) is 49.2 Å². The lowest BCUT2D eigenvalue weighted by atomic mass is 9.88. The predicted molar refractivity (Wildman–Crippen MR) is 147 cm³/mol. The van der Waals surface area contributed by atoms with Crippen LogP contribution in [0.3, 0.4) is 0 Å². The lowest BCUT2D eigenvalue weighted by Crippen LogP contribution is -2.30. The Labute approximate surface area is 223 Å². The average molecular weight is 529 g/mol. The number of carbonyl (C=O) groups excluding carboxylic acids is 1. The zero-order valence-electron chi connectivity index (χ0n) is 21.8. The molecule has 9 heteroatoms. The molecule has 0 bridgehead atoms. The molecule has 200 valence electrons. The first-order valence-electron chi connectivity index (χ1n) is 12.5. The number of nitrogens with one attached hydrogen (secondary N) is 1. The van der Waals surface area contributed by atoms with Gasteiger partial charge >= 0.3 is 5.97 Å². The van der Waals surface area contributed by atoms with E-state index in [1.165, 1.54) is 32.6 Å². The summed E-state index contributed by atoms with van der Waals surface area (Å²) in [4.78, 5) is 43.2. The van der Waals surface area contributed by atoms with Crippen LogP contribution < -0.4 is 15.7 Å². The molecule has 0 fully saturated rings. The fourth-order valence-electron chi connectivity index (χ4n) is 5.05. The largest absolute Gasteiger partial charge is 0.507 e. The van der Waals surface area contributed by atoms with Crippen LogP contribution in [0.5, 0.6) is 11.5 Å². The van der Waals surface area contributed by atoms with Gasteiger partial charge in [0.2, 0.25) is 0 Å². The van der Waals surface area contributed by atoms with Gasteiger partial charge < -0.3 is 28.5 Å². The predicted octanol–water partition coefficient (Wildman–Crippen LogP) is 4.40. The summed E-state index contributed by atoms with van der Waals surface area (Å²) in [5.41, 5.74) is 1.97. The molecule has 0 saturated heterocycles. The highest BCUT2D eigenvalue weighted by molar-refractivity contribution is 5.83. The molecule has 0 unspecified atom stereocenters. The highest BCUT2D eigenvalue weighted by atomic mass is 16.5. The number of hydrogen-bond donors (Lipinski definition) is 2. The number of nitrogens with zero attached hydrogens (tertiary/aromatic N) is 1. The number of pyridine rings is 1. The van der Waals surface area contributed by atoms with Crippen molar-refractivity contribution in [2.75, 3.05) is 14.2 Å². The molecule has 39 heavy (non-hydrogen) atoms. The molecule has 0 amide bonds. The van der Waals surface area contributed by atoms with Crippen LogP contribution in [0, 0.1) is 6.92 Å². The normalized spacial score (nSPS) is 12.1. The Bertz CT molecular complexity index is 1810. The van der Waals surface area contributed by atoms with Gasteiger partial charge in [0.1, 0.15) is 17.1 Å². The van der Waals surface area contributed by atoms with Crippen LogP contribution in [-0.4, -0.2) is 34.8 Å². The zero-order valence-corrected chi connectivity index (χ0v) is 21.8. The van der Waals surface area contributed by atoms with E-state index in [0.717, 1.165) is 16.5 Å².